The molecule has 11 nitrogen and oxygen atoms in total. The number of benzene rings is 3. The molecule has 0 bridgehead atoms. The second-order valence-electron chi connectivity index (χ2n) is 15.5. The van der Waals surface area contributed by atoms with Crippen LogP contribution in [0.1, 0.15) is 77.6 Å². The van der Waals surface area contributed by atoms with Crippen molar-refractivity contribution in [3.8, 4) is 16.9 Å². The van der Waals surface area contributed by atoms with E-state index in [-0.39, 0.29) is 17.6 Å². The lowest BCUT2D eigenvalue weighted by Crippen LogP contribution is -2.33. The first-order valence-corrected chi connectivity index (χ1v) is 20.1. The minimum atomic E-state index is -0.725. The minimum Gasteiger partial charge on any atom is -0.493 e. The molecule has 1 unspecified atom stereocenters. The first-order chi connectivity index (χ1) is 27.0. The van der Waals surface area contributed by atoms with Gasteiger partial charge in [-0.15, -0.1) is 0 Å². The Morgan fingerprint density at radius 1 is 0.946 bits per heavy atom. The molecular formula is C44H49N5O6S. The van der Waals surface area contributed by atoms with Crippen LogP contribution in [0.2, 0.25) is 0 Å². The van der Waals surface area contributed by atoms with Crippen LogP contribution in [0.3, 0.4) is 0 Å². The Bertz CT molecular complexity index is 2210. The summed E-state index contributed by atoms with van der Waals surface area (Å²) in [6, 6.07) is 23.4. The molecule has 1 fully saturated rings. The molecule has 12 heteroatoms. The number of para-hydroxylation sites is 1. The Balaban J connectivity index is 1.09. The normalized spacial score (nSPS) is 15.7. The third-order valence-corrected chi connectivity index (χ3v) is 11.3. The molecule has 4 heterocycles. The number of carbonyl (C=O) groups is 3. The first-order valence-electron chi connectivity index (χ1n) is 19.2. The molecule has 0 saturated carbocycles. The number of hydrogen-bond donors (Lipinski definition) is 1. The van der Waals surface area contributed by atoms with Crippen molar-refractivity contribution in [2.24, 2.45) is 5.92 Å². The van der Waals surface area contributed by atoms with Crippen molar-refractivity contribution >= 4 is 50.3 Å². The van der Waals surface area contributed by atoms with Crippen LogP contribution >= 0.6 is 11.3 Å². The standard InChI is InChI=1S/C44H49N5O6S/c1-28-31(13-9-16-36(28)54-24-10-11-29-20-22-48(25-29)27-39(50)53-5)32-18-19-38(46-40(32)42(52)55-44(2,3)4)49-23-21-30-12-8-14-33(34(30)26-49)41(51)47-43-45-35-15-6-7-17-37(35)56-43/h6-9,12-19,29H,10-11,20-27H2,1-5H3,(H,45,47,51). The van der Waals surface area contributed by atoms with Crippen LogP contribution < -0.4 is 15.0 Å². The number of nitrogens with zero attached hydrogens (tertiary/aromatic N) is 4. The molecule has 5 aromatic rings. The number of anilines is 2. The van der Waals surface area contributed by atoms with Gasteiger partial charge in [-0.05, 0) is 124 Å². The van der Waals surface area contributed by atoms with Crippen LogP contribution in [0, 0.1) is 12.8 Å². The van der Waals surface area contributed by atoms with Gasteiger partial charge in [0.05, 0.1) is 30.5 Å². The zero-order chi connectivity index (χ0) is 39.4. The summed E-state index contributed by atoms with van der Waals surface area (Å²) in [7, 11) is 1.43. The van der Waals surface area contributed by atoms with Crippen molar-refractivity contribution in [2.45, 2.75) is 65.5 Å². The lowest BCUT2D eigenvalue weighted by atomic mass is 9.94. The quantitative estimate of drug-likeness (QED) is 0.0983. The number of amides is 1. The van der Waals surface area contributed by atoms with Crippen LogP contribution in [-0.2, 0) is 27.2 Å². The van der Waals surface area contributed by atoms with Crippen molar-refractivity contribution < 1.29 is 28.6 Å². The Kier molecular flexibility index (Phi) is 11.7. The molecule has 2 aromatic heterocycles. The summed E-state index contributed by atoms with van der Waals surface area (Å²) in [4.78, 5) is 53.1. The van der Waals surface area contributed by atoms with Crippen molar-refractivity contribution in [3.63, 3.8) is 0 Å². The highest BCUT2D eigenvalue weighted by molar-refractivity contribution is 7.22. The van der Waals surface area contributed by atoms with Crippen molar-refractivity contribution in [1.82, 2.24) is 14.9 Å². The second kappa shape index (κ2) is 16.8. The lowest BCUT2D eigenvalue weighted by Gasteiger charge is -2.31. The van der Waals surface area contributed by atoms with E-state index in [2.05, 4.69) is 26.2 Å². The Morgan fingerprint density at radius 3 is 2.57 bits per heavy atom. The fraction of sp³-hybridized carbons (Fsp3) is 0.386. The van der Waals surface area contributed by atoms with E-state index in [0.29, 0.717) is 60.7 Å². The molecule has 2 aliphatic heterocycles. The van der Waals surface area contributed by atoms with Gasteiger partial charge in [-0.3, -0.25) is 19.8 Å². The molecule has 56 heavy (non-hydrogen) atoms. The molecule has 2 aliphatic rings. The Labute approximate surface area is 332 Å². The molecule has 7 rings (SSSR count). The lowest BCUT2D eigenvalue weighted by molar-refractivity contribution is -0.141. The fourth-order valence-electron chi connectivity index (χ4n) is 7.56. The number of ether oxygens (including phenoxy) is 3. The molecule has 0 radical (unpaired) electrons. The molecule has 0 spiro atoms. The van der Waals surface area contributed by atoms with Gasteiger partial charge in [0, 0.05) is 30.8 Å². The van der Waals surface area contributed by atoms with E-state index in [0.717, 1.165) is 70.6 Å². The maximum Gasteiger partial charge on any atom is 0.358 e. The predicted octanol–water partition coefficient (Wildman–Crippen LogP) is 8.09. The first kappa shape index (κ1) is 38.9. The summed E-state index contributed by atoms with van der Waals surface area (Å²) in [5.41, 5.74) is 5.39. The molecule has 3 aromatic carbocycles. The number of hydrogen-bond acceptors (Lipinski definition) is 11. The maximum absolute atomic E-state index is 13.9. The van der Waals surface area contributed by atoms with Gasteiger partial charge in [-0.1, -0.05) is 47.7 Å². The molecule has 1 N–H and O–H groups in total. The molecule has 1 atom stereocenters. The monoisotopic (exact) mass is 775 g/mol. The number of esters is 2. The highest BCUT2D eigenvalue weighted by Crippen LogP contribution is 2.35. The zero-order valence-electron chi connectivity index (χ0n) is 32.7. The van der Waals surface area contributed by atoms with E-state index < -0.39 is 11.6 Å². The van der Waals surface area contributed by atoms with Crippen LogP contribution in [-0.4, -0.2) is 78.2 Å². The van der Waals surface area contributed by atoms with Gasteiger partial charge in [-0.2, -0.15) is 0 Å². The maximum atomic E-state index is 13.9. The summed E-state index contributed by atoms with van der Waals surface area (Å²) in [6.45, 7) is 11.4. The van der Waals surface area contributed by atoms with E-state index in [1.165, 1.54) is 18.4 Å². The highest BCUT2D eigenvalue weighted by Gasteiger charge is 2.28. The summed E-state index contributed by atoms with van der Waals surface area (Å²) >= 11 is 1.45. The summed E-state index contributed by atoms with van der Waals surface area (Å²) in [5, 5.41) is 3.57. The van der Waals surface area contributed by atoms with Crippen LogP contribution in [0.5, 0.6) is 5.75 Å². The molecule has 0 aliphatic carbocycles. The predicted molar refractivity (Wildman–Crippen MR) is 220 cm³/mol. The van der Waals surface area contributed by atoms with Crippen LogP contribution in [0.4, 0.5) is 10.9 Å². The summed E-state index contributed by atoms with van der Waals surface area (Å²) < 4.78 is 18.1. The molecule has 1 saturated heterocycles. The van der Waals surface area contributed by atoms with Gasteiger partial charge in [0.15, 0.2) is 10.8 Å². The van der Waals surface area contributed by atoms with Gasteiger partial charge in [-0.25, -0.2) is 14.8 Å². The van der Waals surface area contributed by atoms with Gasteiger partial charge in [0.1, 0.15) is 17.2 Å². The number of methoxy groups -OCH3 is 1. The smallest absolute Gasteiger partial charge is 0.358 e. The number of aromatic nitrogens is 2. The van der Waals surface area contributed by atoms with E-state index >= 15 is 0 Å². The van der Waals surface area contributed by atoms with Crippen molar-refractivity contribution in [1.29, 1.82) is 0 Å². The summed E-state index contributed by atoms with van der Waals surface area (Å²) in [5.74, 6) is 0.996. The van der Waals surface area contributed by atoms with Gasteiger partial charge < -0.3 is 19.1 Å². The van der Waals surface area contributed by atoms with Gasteiger partial charge in [0.2, 0.25) is 0 Å². The molecular weight excluding hydrogens is 727 g/mol. The number of nitrogens with one attached hydrogen (secondary N) is 1. The topological polar surface area (TPSA) is 123 Å². The number of fused-ring (bicyclic) bond motifs is 2. The average molecular weight is 776 g/mol. The SMILES string of the molecule is COC(=O)CN1CCC(CCCOc2cccc(-c3ccc(N4CCc5cccc(C(=O)Nc6nc7ccccc7s6)c5C4)nc3C(=O)OC(C)(C)C)c2C)C1. The number of rotatable bonds is 12. The third-order valence-electron chi connectivity index (χ3n) is 10.4. The summed E-state index contributed by atoms with van der Waals surface area (Å²) in [6.07, 6.45) is 3.69. The van der Waals surface area contributed by atoms with Crippen LogP contribution in [0.25, 0.3) is 21.3 Å². The average Bonchev–Trinajstić information content (AvgIpc) is 3.81. The van der Waals surface area contributed by atoms with E-state index in [9.17, 15) is 14.4 Å². The van der Waals surface area contributed by atoms with E-state index in [1.54, 1.807) is 0 Å². The minimum absolute atomic E-state index is 0.196. The Hall–Kier alpha value is -5.33. The molecule has 292 valence electrons. The van der Waals surface area contributed by atoms with Crippen molar-refractivity contribution in [2.75, 3.05) is 50.1 Å². The number of pyridine rings is 1. The van der Waals surface area contributed by atoms with E-state index in [1.807, 2.05) is 94.4 Å². The zero-order valence-corrected chi connectivity index (χ0v) is 33.5. The van der Waals surface area contributed by atoms with Crippen LogP contribution in [0.15, 0.2) is 72.8 Å². The van der Waals surface area contributed by atoms with E-state index in [4.69, 9.17) is 19.2 Å². The number of thiazole rings is 1. The second-order valence-corrected chi connectivity index (χ2v) is 16.5. The van der Waals surface area contributed by atoms with Crippen molar-refractivity contribution in [3.05, 3.63) is 101 Å². The number of carbonyl (C=O) groups excluding carboxylic acids is 3. The fourth-order valence-corrected chi connectivity index (χ4v) is 8.42. The largest absolute Gasteiger partial charge is 0.493 e. The van der Waals surface area contributed by atoms with Gasteiger partial charge in [0.25, 0.3) is 5.91 Å². The third kappa shape index (κ3) is 9.03. The van der Waals surface area contributed by atoms with Gasteiger partial charge >= 0.3 is 11.9 Å². The number of likely N-dealkylation sites (tertiary alicyclic amines) is 1. The highest BCUT2D eigenvalue weighted by atomic mass is 32.1. The molecule has 1 amide bonds. The Morgan fingerprint density at radius 2 is 1.77 bits per heavy atom.